The second-order valence-electron chi connectivity index (χ2n) is 7.83. The second kappa shape index (κ2) is 6.28. The third-order valence-electron chi connectivity index (χ3n) is 4.72. The lowest BCUT2D eigenvalue weighted by Gasteiger charge is -2.46. The van der Waals surface area contributed by atoms with Gasteiger partial charge in [0.15, 0.2) is 0 Å². The van der Waals surface area contributed by atoms with E-state index in [0.717, 1.165) is 26.7 Å². The molecule has 0 aromatic carbocycles. The number of nitrogens with zero attached hydrogens (tertiary/aromatic N) is 2. The molecule has 1 atom stereocenters. The molecule has 2 fully saturated rings. The number of hydrogen-bond donors (Lipinski definition) is 3. The fourth-order valence-electron chi connectivity index (χ4n) is 3.17. The molecule has 0 amide bonds. The van der Waals surface area contributed by atoms with Gasteiger partial charge in [0.1, 0.15) is 0 Å². The Morgan fingerprint density at radius 3 is 2.10 bits per heavy atom. The van der Waals surface area contributed by atoms with Crippen LogP contribution in [0.3, 0.4) is 0 Å². The van der Waals surface area contributed by atoms with E-state index in [2.05, 4.69) is 60.4 Å². The van der Waals surface area contributed by atoms with Crippen molar-refractivity contribution in [3.05, 3.63) is 0 Å². The van der Waals surface area contributed by atoms with Crippen LogP contribution in [0.1, 0.15) is 47.5 Å². The van der Waals surface area contributed by atoms with Gasteiger partial charge in [-0.15, -0.1) is 0 Å². The zero-order valence-electron chi connectivity index (χ0n) is 13.9. The van der Waals surface area contributed by atoms with Gasteiger partial charge in [0.05, 0.1) is 13.3 Å². The summed E-state index contributed by atoms with van der Waals surface area (Å²) in [4.78, 5) is 5.02. The lowest BCUT2D eigenvalue weighted by molar-refractivity contribution is 0.0358. The quantitative estimate of drug-likeness (QED) is 0.719. The van der Waals surface area contributed by atoms with E-state index in [4.69, 9.17) is 0 Å². The van der Waals surface area contributed by atoms with Crippen molar-refractivity contribution in [2.45, 2.75) is 64.6 Å². The van der Waals surface area contributed by atoms with Crippen LogP contribution < -0.4 is 16.0 Å². The maximum Gasteiger partial charge on any atom is 0.0507 e. The molecule has 2 rings (SSSR count). The number of rotatable bonds is 3. The third-order valence-corrected chi connectivity index (χ3v) is 4.72. The highest BCUT2D eigenvalue weighted by Gasteiger charge is 2.33. The van der Waals surface area contributed by atoms with Gasteiger partial charge in [-0.25, -0.2) is 0 Å². The Labute approximate surface area is 124 Å². The van der Waals surface area contributed by atoms with Gasteiger partial charge in [-0.2, -0.15) is 0 Å². The molecular weight excluding hydrogens is 250 g/mol. The molecule has 3 N–H and O–H groups in total. The molecule has 0 spiro atoms. The second-order valence-corrected chi connectivity index (χ2v) is 7.83. The maximum absolute atomic E-state index is 3.73. The fourth-order valence-corrected chi connectivity index (χ4v) is 3.17. The van der Waals surface area contributed by atoms with Crippen molar-refractivity contribution < 1.29 is 0 Å². The van der Waals surface area contributed by atoms with Gasteiger partial charge in [-0.3, -0.25) is 20.4 Å². The first-order valence-corrected chi connectivity index (χ1v) is 7.94. The molecule has 5 nitrogen and oxygen atoms in total. The molecule has 0 bridgehead atoms. The molecule has 0 aromatic rings. The predicted octanol–water partition coefficient (Wildman–Crippen LogP) is 0.942. The van der Waals surface area contributed by atoms with Crippen LogP contribution in [0.4, 0.5) is 0 Å². The molecule has 0 aliphatic carbocycles. The third kappa shape index (κ3) is 4.15. The van der Waals surface area contributed by atoms with E-state index < -0.39 is 0 Å². The van der Waals surface area contributed by atoms with Gasteiger partial charge in [0.2, 0.25) is 0 Å². The molecule has 0 saturated carbocycles. The summed E-state index contributed by atoms with van der Waals surface area (Å²) in [5.74, 6) is 0. The van der Waals surface area contributed by atoms with Crippen LogP contribution in [0.2, 0.25) is 0 Å². The average Bonchev–Trinajstić information content (AvgIpc) is 2.39. The van der Waals surface area contributed by atoms with E-state index in [-0.39, 0.29) is 11.1 Å². The number of hydrogen-bond acceptors (Lipinski definition) is 5. The Hall–Kier alpha value is -0.200. The summed E-state index contributed by atoms with van der Waals surface area (Å²) in [6.45, 7) is 16.7. The van der Waals surface area contributed by atoms with Gasteiger partial charge in [0.25, 0.3) is 0 Å². The summed E-state index contributed by atoms with van der Waals surface area (Å²) in [7, 11) is 0. The minimum atomic E-state index is 0.224. The lowest BCUT2D eigenvalue weighted by Crippen LogP contribution is -2.61. The Morgan fingerprint density at radius 2 is 1.60 bits per heavy atom. The highest BCUT2D eigenvalue weighted by molar-refractivity contribution is 4.90. The van der Waals surface area contributed by atoms with Crippen LogP contribution in [0.25, 0.3) is 0 Å². The van der Waals surface area contributed by atoms with Gasteiger partial charge < -0.3 is 5.32 Å². The predicted molar refractivity (Wildman–Crippen MR) is 84.3 cm³/mol. The largest absolute Gasteiger partial charge is 0.301 e. The first kappa shape index (κ1) is 16.2. The minimum absolute atomic E-state index is 0.224. The highest BCUT2D eigenvalue weighted by Crippen LogP contribution is 2.24. The van der Waals surface area contributed by atoms with Crippen LogP contribution in [0.5, 0.6) is 0 Å². The van der Waals surface area contributed by atoms with Gasteiger partial charge in [-0.05, 0) is 47.5 Å². The van der Waals surface area contributed by atoms with Crippen molar-refractivity contribution in [2.24, 2.45) is 0 Å². The van der Waals surface area contributed by atoms with Crippen LogP contribution in [-0.2, 0) is 0 Å². The normalized spacial score (nSPS) is 27.8. The van der Waals surface area contributed by atoms with E-state index >= 15 is 0 Å². The molecule has 2 aliphatic rings. The summed E-state index contributed by atoms with van der Waals surface area (Å²) in [5.41, 5.74) is 0.496. The Balaban J connectivity index is 1.82. The number of nitrogens with one attached hydrogen (secondary N) is 3. The topological polar surface area (TPSA) is 42.6 Å². The van der Waals surface area contributed by atoms with Crippen molar-refractivity contribution in [3.63, 3.8) is 0 Å². The molecule has 5 heteroatoms. The van der Waals surface area contributed by atoms with Crippen LogP contribution >= 0.6 is 0 Å². The van der Waals surface area contributed by atoms with E-state index in [0.29, 0.717) is 6.04 Å². The summed E-state index contributed by atoms with van der Waals surface area (Å²) >= 11 is 0. The van der Waals surface area contributed by atoms with Gasteiger partial charge in [-0.1, -0.05) is 0 Å². The van der Waals surface area contributed by atoms with E-state index in [1.54, 1.807) is 0 Å². The average molecular weight is 283 g/mol. The monoisotopic (exact) mass is 283 g/mol. The summed E-state index contributed by atoms with van der Waals surface area (Å²) in [6.07, 6.45) is 2.45. The van der Waals surface area contributed by atoms with E-state index in [9.17, 15) is 0 Å². The fraction of sp³-hybridized carbons (Fsp3) is 1.00. The molecule has 2 heterocycles. The molecule has 0 aromatic heterocycles. The SMILES string of the molecule is CC(C)(C)N1CCC(CC(C)(C)N2CNCNC2)NC1. The summed E-state index contributed by atoms with van der Waals surface area (Å²) < 4.78 is 0. The Kier molecular flexibility index (Phi) is 5.08. The Morgan fingerprint density at radius 1 is 0.950 bits per heavy atom. The molecule has 0 radical (unpaired) electrons. The smallest absolute Gasteiger partial charge is 0.0507 e. The molecule has 20 heavy (non-hydrogen) atoms. The minimum Gasteiger partial charge on any atom is -0.301 e. The van der Waals surface area contributed by atoms with Crippen molar-refractivity contribution in [1.82, 2.24) is 25.8 Å². The molecule has 1 unspecified atom stereocenters. The van der Waals surface area contributed by atoms with Crippen LogP contribution in [-0.4, -0.2) is 60.1 Å². The van der Waals surface area contributed by atoms with Crippen molar-refractivity contribution in [1.29, 1.82) is 0 Å². The summed E-state index contributed by atoms with van der Waals surface area (Å²) in [6, 6.07) is 0.630. The van der Waals surface area contributed by atoms with E-state index in [1.165, 1.54) is 19.4 Å². The van der Waals surface area contributed by atoms with E-state index in [1.807, 2.05) is 0 Å². The molecule has 2 aliphatic heterocycles. The van der Waals surface area contributed by atoms with Crippen LogP contribution in [0, 0.1) is 0 Å². The zero-order chi connectivity index (χ0) is 14.8. The molecule has 2 saturated heterocycles. The maximum atomic E-state index is 3.73. The van der Waals surface area contributed by atoms with Gasteiger partial charge in [0, 0.05) is 37.0 Å². The molecular formula is C15H33N5. The zero-order valence-corrected chi connectivity index (χ0v) is 13.9. The van der Waals surface area contributed by atoms with Crippen molar-refractivity contribution in [2.75, 3.05) is 33.2 Å². The summed E-state index contributed by atoms with van der Waals surface area (Å²) in [5, 5.41) is 10.5. The first-order chi connectivity index (χ1) is 9.29. The molecule has 118 valence electrons. The lowest BCUT2D eigenvalue weighted by atomic mass is 9.90. The standard InChI is InChI=1S/C15H33N5/c1-14(2,3)19-7-6-13(18-12-19)8-15(4,5)20-10-16-9-17-11-20/h13,16-18H,6-12H2,1-5H3. The van der Waals surface area contributed by atoms with Gasteiger partial charge >= 0.3 is 0 Å². The first-order valence-electron chi connectivity index (χ1n) is 7.94. The van der Waals surface area contributed by atoms with Crippen molar-refractivity contribution in [3.8, 4) is 0 Å². The van der Waals surface area contributed by atoms with Crippen molar-refractivity contribution >= 4 is 0 Å². The Bertz CT molecular complexity index is 296. The highest BCUT2D eigenvalue weighted by atomic mass is 15.4. The van der Waals surface area contributed by atoms with Crippen LogP contribution in [0.15, 0.2) is 0 Å².